The summed E-state index contributed by atoms with van der Waals surface area (Å²) in [6, 6.07) is 23.2. The summed E-state index contributed by atoms with van der Waals surface area (Å²) < 4.78 is 10.8. The minimum Gasteiger partial charge on any atom is -0.493 e. The summed E-state index contributed by atoms with van der Waals surface area (Å²) in [7, 11) is 5.22. The van der Waals surface area contributed by atoms with Crippen molar-refractivity contribution in [1.29, 1.82) is 0 Å². The smallest absolute Gasteiger partial charge is 0.186 e. The standard InChI is InChI=1S/C26H26N2O3/c1-28(17-18-13-14-23(30-2)24(15-18)31-3)25(19-9-5-4-6-10-19)26(29)21-16-27-22-12-8-7-11-20(21)22/h4-16,25,27H,17H2,1-3H3. The molecule has 0 aliphatic heterocycles. The molecule has 0 aliphatic carbocycles. The van der Waals surface area contributed by atoms with Gasteiger partial charge in [-0.1, -0.05) is 54.6 Å². The number of hydrogen-bond donors (Lipinski definition) is 1. The van der Waals surface area contributed by atoms with Crippen LogP contribution < -0.4 is 9.47 Å². The van der Waals surface area contributed by atoms with Crippen LogP contribution in [0.25, 0.3) is 10.9 Å². The number of aromatic amines is 1. The van der Waals surface area contributed by atoms with Crippen LogP contribution in [0, 0.1) is 0 Å². The second-order valence-electron chi connectivity index (χ2n) is 7.53. The number of likely N-dealkylation sites (N-methyl/N-ethyl adjacent to an activating group) is 1. The van der Waals surface area contributed by atoms with Crippen molar-refractivity contribution in [2.75, 3.05) is 21.3 Å². The van der Waals surface area contributed by atoms with Crippen molar-refractivity contribution in [3.63, 3.8) is 0 Å². The number of ketones is 1. The van der Waals surface area contributed by atoms with E-state index in [4.69, 9.17) is 9.47 Å². The first-order valence-corrected chi connectivity index (χ1v) is 10.2. The molecule has 0 amide bonds. The first-order valence-electron chi connectivity index (χ1n) is 10.2. The molecule has 1 N–H and O–H groups in total. The molecule has 0 saturated carbocycles. The first kappa shape index (κ1) is 20.7. The fourth-order valence-electron chi connectivity index (χ4n) is 4.02. The fraction of sp³-hybridized carbons (Fsp3) is 0.192. The van der Waals surface area contributed by atoms with Gasteiger partial charge in [0.25, 0.3) is 0 Å². The third kappa shape index (κ3) is 4.18. The van der Waals surface area contributed by atoms with Gasteiger partial charge in [-0.2, -0.15) is 0 Å². The van der Waals surface area contributed by atoms with Crippen molar-refractivity contribution in [1.82, 2.24) is 9.88 Å². The van der Waals surface area contributed by atoms with E-state index in [1.807, 2.05) is 86.0 Å². The molecule has 0 bridgehead atoms. The predicted octanol–water partition coefficient (Wildman–Crippen LogP) is 5.24. The van der Waals surface area contributed by atoms with Crippen LogP contribution in [0.3, 0.4) is 0 Å². The molecule has 1 heterocycles. The van der Waals surface area contributed by atoms with Crippen molar-refractivity contribution in [3.05, 3.63) is 95.7 Å². The monoisotopic (exact) mass is 414 g/mol. The maximum absolute atomic E-state index is 13.8. The van der Waals surface area contributed by atoms with Crippen molar-refractivity contribution >= 4 is 16.7 Å². The van der Waals surface area contributed by atoms with Crippen molar-refractivity contribution in [2.45, 2.75) is 12.6 Å². The third-order valence-electron chi connectivity index (χ3n) is 5.54. The Labute approximate surface area is 182 Å². The highest BCUT2D eigenvalue weighted by Gasteiger charge is 2.28. The van der Waals surface area contributed by atoms with Gasteiger partial charge in [-0.15, -0.1) is 0 Å². The lowest BCUT2D eigenvalue weighted by Crippen LogP contribution is -2.30. The number of rotatable bonds is 8. The van der Waals surface area contributed by atoms with Crippen LogP contribution >= 0.6 is 0 Å². The highest BCUT2D eigenvalue weighted by Crippen LogP contribution is 2.31. The van der Waals surface area contributed by atoms with Gasteiger partial charge in [0, 0.05) is 29.2 Å². The molecule has 0 fully saturated rings. The van der Waals surface area contributed by atoms with E-state index >= 15 is 0 Å². The van der Waals surface area contributed by atoms with E-state index < -0.39 is 6.04 Å². The molecule has 1 unspecified atom stereocenters. The number of Topliss-reactive ketones (excluding diaryl/α,β-unsaturated/α-hetero) is 1. The number of fused-ring (bicyclic) bond motifs is 1. The van der Waals surface area contributed by atoms with Crippen molar-refractivity contribution in [2.24, 2.45) is 0 Å². The summed E-state index contributed by atoms with van der Waals surface area (Å²) >= 11 is 0. The van der Waals surface area contributed by atoms with E-state index in [1.165, 1.54) is 0 Å². The lowest BCUT2D eigenvalue weighted by Gasteiger charge is -2.27. The molecule has 5 heteroatoms. The van der Waals surface area contributed by atoms with Gasteiger partial charge in [-0.25, -0.2) is 0 Å². The summed E-state index contributed by atoms with van der Waals surface area (Å²) in [5.41, 5.74) is 3.65. The number of aromatic nitrogens is 1. The highest BCUT2D eigenvalue weighted by atomic mass is 16.5. The van der Waals surface area contributed by atoms with Crippen LogP contribution in [-0.4, -0.2) is 36.9 Å². The fourth-order valence-corrected chi connectivity index (χ4v) is 4.02. The quantitative estimate of drug-likeness (QED) is 0.401. The Morgan fingerprint density at radius 2 is 1.65 bits per heavy atom. The molecule has 0 aliphatic rings. The summed E-state index contributed by atoms with van der Waals surface area (Å²) in [5.74, 6) is 1.42. The molecule has 4 aromatic rings. The summed E-state index contributed by atoms with van der Waals surface area (Å²) in [5, 5.41) is 0.938. The minimum absolute atomic E-state index is 0.0617. The van der Waals surface area contributed by atoms with Crippen LogP contribution in [0.4, 0.5) is 0 Å². The molecule has 1 aromatic heterocycles. The van der Waals surface area contributed by atoms with Gasteiger partial charge in [0.15, 0.2) is 17.3 Å². The maximum atomic E-state index is 13.8. The molecule has 1 atom stereocenters. The molecular formula is C26H26N2O3. The van der Waals surface area contributed by atoms with Gasteiger partial charge in [0.05, 0.1) is 20.3 Å². The Kier molecular flexibility index (Phi) is 6.05. The Morgan fingerprint density at radius 3 is 2.39 bits per heavy atom. The van der Waals surface area contributed by atoms with E-state index in [2.05, 4.69) is 9.88 Å². The molecule has 0 saturated heterocycles. The Hall–Kier alpha value is -3.57. The number of carbonyl (C=O) groups excluding carboxylic acids is 1. The average molecular weight is 415 g/mol. The zero-order chi connectivity index (χ0) is 21.8. The van der Waals surface area contributed by atoms with Crippen molar-refractivity contribution < 1.29 is 14.3 Å². The second-order valence-corrected chi connectivity index (χ2v) is 7.53. The van der Waals surface area contributed by atoms with E-state index in [1.54, 1.807) is 14.2 Å². The van der Waals surface area contributed by atoms with Gasteiger partial charge in [0.2, 0.25) is 0 Å². The largest absolute Gasteiger partial charge is 0.493 e. The molecule has 3 aromatic carbocycles. The molecule has 4 rings (SSSR count). The van der Waals surface area contributed by atoms with Crippen molar-refractivity contribution in [3.8, 4) is 11.5 Å². The number of methoxy groups -OCH3 is 2. The SMILES string of the molecule is COc1ccc(CN(C)C(C(=O)c2c[nH]c3ccccc23)c2ccccc2)cc1OC. The molecule has 0 spiro atoms. The molecule has 158 valence electrons. The normalized spacial score (nSPS) is 12.1. The van der Waals surface area contributed by atoms with Gasteiger partial charge in [0.1, 0.15) is 0 Å². The summed E-state index contributed by atoms with van der Waals surface area (Å²) in [6.45, 7) is 0.577. The van der Waals surface area contributed by atoms with Gasteiger partial charge in [-0.05, 0) is 36.4 Å². The zero-order valence-electron chi connectivity index (χ0n) is 18.0. The number of ether oxygens (including phenoxy) is 2. The number of hydrogen-bond acceptors (Lipinski definition) is 4. The number of H-pyrrole nitrogens is 1. The molecule has 0 radical (unpaired) electrons. The van der Waals surface area contributed by atoms with Gasteiger partial charge in [-0.3, -0.25) is 9.69 Å². The highest BCUT2D eigenvalue weighted by molar-refractivity contribution is 6.10. The van der Waals surface area contributed by atoms with Gasteiger partial charge < -0.3 is 14.5 Å². The summed E-state index contributed by atoms with van der Waals surface area (Å²) in [6.07, 6.45) is 1.81. The summed E-state index contributed by atoms with van der Waals surface area (Å²) in [4.78, 5) is 19.1. The molecule has 31 heavy (non-hydrogen) atoms. The number of nitrogens with one attached hydrogen (secondary N) is 1. The van der Waals surface area contributed by atoms with E-state index in [0.29, 0.717) is 23.6 Å². The topological polar surface area (TPSA) is 54.6 Å². The Balaban J connectivity index is 1.69. The second kappa shape index (κ2) is 9.06. The van der Waals surface area contributed by atoms with E-state index in [9.17, 15) is 4.79 Å². The van der Waals surface area contributed by atoms with Gasteiger partial charge >= 0.3 is 0 Å². The predicted molar refractivity (Wildman–Crippen MR) is 123 cm³/mol. The van der Waals surface area contributed by atoms with E-state index in [0.717, 1.165) is 22.0 Å². The van der Waals surface area contributed by atoms with Crippen LogP contribution in [0.1, 0.15) is 27.5 Å². The number of benzene rings is 3. The Morgan fingerprint density at radius 1 is 0.935 bits per heavy atom. The third-order valence-corrected chi connectivity index (χ3v) is 5.54. The molecule has 5 nitrogen and oxygen atoms in total. The zero-order valence-corrected chi connectivity index (χ0v) is 18.0. The van der Waals surface area contributed by atoms with Crippen LogP contribution in [0.15, 0.2) is 79.0 Å². The first-order chi connectivity index (χ1) is 15.1. The lowest BCUT2D eigenvalue weighted by molar-refractivity contribution is 0.0845. The lowest BCUT2D eigenvalue weighted by atomic mass is 9.95. The number of carbonyl (C=O) groups is 1. The van der Waals surface area contributed by atoms with Crippen LogP contribution in [0.2, 0.25) is 0 Å². The Bertz CT molecular complexity index is 1180. The van der Waals surface area contributed by atoms with Crippen LogP contribution in [0.5, 0.6) is 11.5 Å². The minimum atomic E-state index is -0.423. The maximum Gasteiger partial charge on any atom is 0.186 e. The number of nitrogens with zero attached hydrogens (tertiary/aromatic N) is 1. The average Bonchev–Trinajstić information content (AvgIpc) is 3.24. The van der Waals surface area contributed by atoms with Crippen LogP contribution in [-0.2, 0) is 6.54 Å². The van der Waals surface area contributed by atoms with E-state index in [-0.39, 0.29) is 5.78 Å². The molecular weight excluding hydrogens is 388 g/mol. The number of para-hydroxylation sites is 1.